The monoisotopic (exact) mass is 624 g/mol. The highest BCUT2D eigenvalue weighted by molar-refractivity contribution is 5.97. The zero-order valence-electron chi connectivity index (χ0n) is 24.1. The maximum atomic E-state index is 15.4. The Morgan fingerprint density at radius 3 is 2.56 bits per heavy atom. The van der Waals surface area contributed by atoms with Crippen molar-refractivity contribution in [3.8, 4) is 0 Å². The first-order valence-corrected chi connectivity index (χ1v) is 14.4. The van der Waals surface area contributed by atoms with E-state index in [0.717, 1.165) is 25.0 Å². The fourth-order valence-electron chi connectivity index (χ4n) is 5.64. The number of piperazine rings is 1. The number of nitrogens with zero attached hydrogens (tertiary/aromatic N) is 3. The first-order valence-electron chi connectivity index (χ1n) is 14.4. The summed E-state index contributed by atoms with van der Waals surface area (Å²) in [6.07, 6.45) is 1.62. The Morgan fingerprint density at radius 1 is 1.09 bits per heavy atom. The summed E-state index contributed by atoms with van der Waals surface area (Å²) in [6.45, 7) is 2.24. The lowest BCUT2D eigenvalue weighted by atomic mass is 10.1. The maximum Gasteiger partial charge on any atom is 0.414 e. The van der Waals surface area contributed by atoms with Gasteiger partial charge in [0.1, 0.15) is 29.3 Å². The van der Waals surface area contributed by atoms with E-state index in [4.69, 9.17) is 4.74 Å². The van der Waals surface area contributed by atoms with Crippen LogP contribution in [-0.4, -0.2) is 78.4 Å². The van der Waals surface area contributed by atoms with Crippen molar-refractivity contribution in [2.24, 2.45) is 0 Å². The number of halogens is 2. The molecule has 0 radical (unpaired) electrons. The number of benzene rings is 2. The number of aromatic carboxylic acids is 1. The molecule has 2 aliphatic heterocycles. The summed E-state index contributed by atoms with van der Waals surface area (Å²) in [5.74, 6) is -3.74. The van der Waals surface area contributed by atoms with Crippen LogP contribution in [0.3, 0.4) is 0 Å². The molecule has 1 aliphatic carbocycles. The SMILES string of the molecule is CC(=O)NC[C@H]1CN(c2ccc(NC(=O)[C@@H]3CN(c4cc5c(cc4F)c(=O)c(C(=O)O)cn5C4CC4)CCN3)c(F)c2)C(=O)O1. The average molecular weight is 625 g/mol. The molecule has 45 heavy (non-hydrogen) atoms. The van der Waals surface area contributed by atoms with Gasteiger partial charge in [0.2, 0.25) is 17.2 Å². The number of fused-ring (bicyclic) bond motifs is 1. The summed E-state index contributed by atoms with van der Waals surface area (Å²) in [5, 5.41) is 17.6. The lowest BCUT2D eigenvalue weighted by Crippen LogP contribution is -2.56. The van der Waals surface area contributed by atoms with Crippen molar-refractivity contribution in [3.05, 3.63) is 63.9 Å². The molecule has 2 atom stereocenters. The van der Waals surface area contributed by atoms with Gasteiger partial charge in [-0.05, 0) is 43.2 Å². The number of ether oxygens (including phenoxy) is 1. The van der Waals surface area contributed by atoms with Crippen LogP contribution in [0.2, 0.25) is 0 Å². The van der Waals surface area contributed by atoms with Gasteiger partial charge in [-0.1, -0.05) is 0 Å². The Balaban J connectivity index is 1.17. The number of rotatable bonds is 8. The number of pyridine rings is 1. The Labute approximate surface area is 254 Å². The third kappa shape index (κ3) is 6.02. The third-order valence-electron chi connectivity index (χ3n) is 8.08. The number of carbonyl (C=O) groups is 4. The van der Waals surface area contributed by atoms with Crippen LogP contribution in [0.1, 0.15) is 36.2 Å². The van der Waals surface area contributed by atoms with E-state index in [0.29, 0.717) is 18.6 Å². The fourth-order valence-corrected chi connectivity index (χ4v) is 5.64. The van der Waals surface area contributed by atoms with Crippen LogP contribution in [0, 0.1) is 11.6 Å². The lowest BCUT2D eigenvalue weighted by Gasteiger charge is -2.35. The molecule has 3 aromatic rings. The van der Waals surface area contributed by atoms with Crippen LogP contribution < -0.4 is 31.2 Å². The maximum absolute atomic E-state index is 15.4. The number of carboxylic acids is 1. The predicted octanol–water partition coefficient (Wildman–Crippen LogP) is 2.19. The zero-order chi connectivity index (χ0) is 32.0. The molecule has 3 fully saturated rings. The molecule has 4 N–H and O–H groups in total. The van der Waals surface area contributed by atoms with Crippen molar-refractivity contribution in [2.45, 2.75) is 38.0 Å². The van der Waals surface area contributed by atoms with Crippen molar-refractivity contribution in [1.82, 2.24) is 15.2 Å². The summed E-state index contributed by atoms with van der Waals surface area (Å²) < 4.78 is 37.4. The number of hydrogen-bond donors (Lipinski definition) is 4. The number of carbonyl (C=O) groups excluding carboxylic acids is 3. The minimum atomic E-state index is -1.38. The summed E-state index contributed by atoms with van der Waals surface area (Å²) in [4.78, 5) is 63.9. The molecule has 0 bridgehead atoms. The average Bonchev–Trinajstić information content (AvgIpc) is 3.78. The number of cyclic esters (lactones) is 1. The second-order valence-corrected chi connectivity index (χ2v) is 11.3. The Kier molecular flexibility index (Phi) is 7.87. The van der Waals surface area contributed by atoms with Crippen molar-refractivity contribution in [2.75, 3.05) is 47.8 Å². The Bertz CT molecular complexity index is 1790. The van der Waals surface area contributed by atoms with Crippen molar-refractivity contribution in [1.29, 1.82) is 0 Å². The number of hydrogen-bond acceptors (Lipinski definition) is 8. The van der Waals surface area contributed by atoms with E-state index in [1.807, 2.05) is 0 Å². The number of aromatic nitrogens is 1. The molecule has 15 heteroatoms. The molecular weight excluding hydrogens is 594 g/mol. The van der Waals surface area contributed by atoms with E-state index in [1.165, 1.54) is 36.2 Å². The van der Waals surface area contributed by atoms with Crippen LogP contribution in [0.25, 0.3) is 10.9 Å². The Morgan fingerprint density at radius 2 is 1.87 bits per heavy atom. The molecule has 2 saturated heterocycles. The number of nitrogens with one attached hydrogen (secondary N) is 3. The molecule has 236 valence electrons. The van der Waals surface area contributed by atoms with Gasteiger partial charge in [-0.2, -0.15) is 0 Å². The van der Waals surface area contributed by atoms with Crippen LogP contribution in [-0.2, 0) is 14.3 Å². The molecule has 1 saturated carbocycles. The van der Waals surface area contributed by atoms with Crippen molar-refractivity contribution >= 4 is 51.8 Å². The molecule has 0 unspecified atom stereocenters. The number of carboxylic acid groups (broad SMARTS) is 1. The third-order valence-corrected chi connectivity index (χ3v) is 8.08. The first-order chi connectivity index (χ1) is 21.5. The number of anilines is 3. The molecule has 2 aromatic carbocycles. The van der Waals surface area contributed by atoms with Crippen molar-refractivity contribution < 1.29 is 37.8 Å². The van der Waals surface area contributed by atoms with E-state index < -0.39 is 52.7 Å². The normalized spacial score (nSPS) is 19.8. The highest BCUT2D eigenvalue weighted by atomic mass is 19.1. The van der Waals surface area contributed by atoms with Crippen LogP contribution in [0.5, 0.6) is 0 Å². The van der Waals surface area contributed by atoms with E-state index >= 15 is 8.78 Å². The molecular formula is C30H30F2N6O7. The molecule has 1 aromatic heterocycles. The molecule has 6 rings (SSSR count). The van der Waals surface area contributed by atoms with Crippen LogP contribution in [0.4, 0.5) is 30.6 Å². The van der Waals surface area contributed by atoms with E-state index in [-0.39, 0.29) is 54.0 Å². The summed E-state index contributed by atoms with van der Waals surface area (Å²) in [5.41, 5.74) is -0.527. The first kappa shape index (κ1) is 30.0. The highest BCUT2D eigenvalue weighted by Gasteiger charge is 2.34. The van der Waals surface area contributed by atoms with Gasteiger partial charge in [0.15, 0.2) is 0 Å². The van der Waals surface area contributed by atoms with Gasteiger partial charge in [-0.15, -0.1) is 0 Å². The summed E-state index contributed by atoms with van der Waals surface area (Å²) in [6, 6.07) is 5.59. The second-order valence-electron chi connectivity index (χ2n) is 11.3. The van der Waals surface area contributed by atoms with Gasteiger partial charge in [-0.25, -0.2) is 18.4 Å². The van der Waals surface area contributed by atoms with Gasteiger partial charge in [0.05, 0.1) is 35.7 Å². The van der Waals surface area contributed by atoms with Gasteiger partial charge >= 0.3 is 12.1 Å². The topological polar surface area (TPSA) is 162 Å². The van der Waals surface area contributed by atoms with Gasteiger partial charge < -0.3 is 35.3 Å². The minimum absolute atomic E-state index is 0.00799. The summed E-state index contributed by atoms with van der Waals surface area (Å²) >= 11 is 0. The van der Waals surface area contributed by atoms with Gasteiger partial charge in [0, 0.05) is 44.2 Å². The number of amides is 3. The standard InChI is InChI=1S/C30H30F2N6O7/c1-15(39)34-11-18-12-38(30(44)45-18)17-4-5-23(21(31)8-17)35-28(41)24-14-36(7-6-33-24)26-10-25-19(9-22(26)32)27(40)20(29(42)43)13-37(25)16-2-3-16/h4-5,8-10,13,16,18,24,33H,2-3,6-7,11-12,14H2,1H3,(H,34,39)(H,35,41)(H,42,43)/t18-,24-/m0/s1. The fraction of sp³-hybridized carbons (Fsp3) is 0.367. The molecule has 13 nitrogen and oxygen atoms in total. The van der Waals surface area contributed by atoms with Crippen molar-refractivity contribution in [3.63, 3.8) is 0 Å². The summed E-state index contributed by atoms with van der Waals surface area (Å²) in [7, 11) is 0. The Hall–Kier alpha value is -5.05. The lowest BCUT2D eigenvalue weighted by molar-refractivity contribution is -0.119. The predicted molar refractivity (Wildman–Crippen MR) is 159 cm³/mol. The van der Waals surface area contributed by atoms with Crippen LogP contribution in [0.15, 0.2) is 41.3 Å². The van der Waals surface area contributed by atoms with Crippen LogP contribution >= 0.6 is 0 Å². The van der Waals surface area contributed by atoms with E-state index in [9.17, 15) is 29.1 Å². The van der Waals surface area contributed by atoms with Gasteiger partial charge in [-0.3, -0.25) is 19.3 Å². The van der Waals surface area contributed by atoms with E-state index in [1.54, 1.807) is 9.47 Å². The largest absolute Gasteiger partial charge is 0.477 e. The smallest absolute Gasteiger partial charge is 0.414 e. The molecule has 3 amide bonds. The highest BCUT2D eigenvalue weighted by Crippen LogP contribution is 2.38. The molecule has 0 spiro atoms. The van der Waals surface area contributed by atoms with Gasteiger partial charge in [0.25, 0.3) is 0 Å². The second kappa shape index (κ2) is 11.8. The molecule has 3 aliphatic rings. The van der Waals surface area contributed by atoms with E-state index in [2.05, 4.69) is 16.0 Å². The zero-order valence-corrected chi connectivity index (χ0v) is 24.1. The minimum Gasteiger partial charge on any atom is -0.477 e. The quantitative estimate of drug-likeness (QED) is 0.294. The molecule has 3 heterocycles.